The summed E-state index contributed by atoms with van der Waals surface area (Å²) in [6.07, 6.45) is -4.80. The highest BCUT2D eigenvalue weighted by Gasteiger charge is 2.43. The van der Waals surface area contributed by atoms with Crippen LogP contribution in [0.4, 0.5) is 18.9 Å². The van der Waals surface area contributed by atoms with E-state index in [0.29, 0.717) is 13.1 Å². The summed E-state index contributed by atoms with van der Waals surface area (Å²) in [6, 6.07) is 6.41. The smallest absolute Gasteiger partial charge is 0.471 e. The molecule has 0 bridgehead atoms. The van der Waals surface area contributed by atoms with Gasteiger partial charge in [0.1, 0.15) is 5.75 Å². The van der Waals surface area contributed by atoms with E-state index in [-0.39, 0.29) is 18.8 Å². The first-order valence-corrected chi connectivity index (χ1v) is 5.78. The van der Waals surface area contributed by atoms with Crippen LogP contribution < -0.4 is 4.90 Å². The minimum atomic E-state index is -4.80. The van der Waals surface area contributed by atoms with Crippen molar-refractivity contribution in [2.24, 2.45) is 0 Å². The Labute approximate surface area is 108 Å². The van der Waals surface area contributed by atoms with Gasteiger partial charge in [0.2, 0.25) is 0 Å². The quantitative estimate of drug-likeness (QED) is 0.846. The summed E-state index contributed by atoms with van der Waals surface area (Å²) in [5, 5.41) is 9.16. The number of hydrogen-bond acceptors (Lipinski definition) is 3. The van der Waals surface area contributed by atoms with Crippen molar-refractivity contribution in [1.82, 2.24) is 4.90 Å². The molecular weight excluding hydrogens is 261 g/mol. The topological polar surface area (TPSA) is 43.8 Å². The third-order valence-electron chi connectivity index (χ3n) is 3.02. The highest BCUT2D eigenvalue weighted by molar-refractivity contribution is 5.82. The van der Waals surface area contributed by atoms with Gasteiger partial charge in [-0.15, -0.1) is 0 Å². The standard InChI is InChI=1S/C12H13F3N2O2/c13-12(14,15)11(19)17-7-5-16(6-8-17)9-1-3-10(18)4-2-9/h1-4,18H,5-8H2. The number of piperazine rings is 1. The summed E-state index contributed by atoms with van der Waals surface area (Å²) < 4.78 is 36.8. The molecule has 4 nitrogen and oxygen atoms in total. The largest absolute Gasteiger partial charge is 0.508 e. The molecule has 1 amide bonds. The minimum absolute atomic E-state index is 0.0409. The number of aromatic hydroxyl groups is 1. The number of anilines is 1. The van der Waals surface area contributed by atoms with E-state index in [1.54, 1.807) is 12.1 Å². The summed E-state index contributed by atoms with van der Waals surface area (Å²) in [5.74, 6) is -1.65. The molecular formula is C12H13F3N2O2. The molecule has 7 heteroatoms. The molecule has 1 fully saturated rings. The number of phenolic OH excluding ortho intramolecular Hbond substituents is 1. The predicted octanol–water partition coefficient (Wildman–Crippen LogP) is 1.60. The molecule has 1 aromatic rings. The Morgan fingerprint density at radius 3 is 2.05 bits per heavy atom. The Hall–Kier alpha value is -1.92. The SMILES string of the molecule is O=C(N1CCN(c2ccc(O)cc2)CC1)C(F)(F)F. The number of nitrogens with zero attached hydrogens (tertiary/aromatic N) is 2. The van der Waals surface area contributed by atoms with E-state index >= 15 is 0 Å². The van der Waals surface area contributed by atoms with E-state index in [1.165, 1.54) is 12.1 Å². The molecule has 1 aliphatic rings. The zero-order valence-electron chi connectivity index (χ0n) is 10.0. The van der Waals surface area contributed by atoms with Crippen molar-refractivity contribution in [2.45, 2.75) is 6.18 Å². The Bertz CT molecular complexity index is 451. The van der Waals surface area contributed by atoms with Gasteiger partial charge in [-0.25, -0.2) is 0 Å². The highest BCUT2D eigenvalue weighted by atomic mass is 19.4. The van der Waals surface area contributed by atoms with Crippen molar-refractivity contribution in [3.05, 3.63) is 24.3 Å². The first-order valence-electron chi connectivity index (χ1n) is 5.78. The Balaban J connectivity index is 1.96. The zero-order valence-corrected chi connectivity index (χ0v) is 10.0. The van der Waals surface area contributed by atoms with E-state index in [1.807, 2.05) is 4.90 Å². The van der Waals surface area contributed by atoms with Gasteiger partial charge in [-0.2, -0.15) is 13.2 Å². The van der Waals surface area contributed by atoms with Crippen LogP contribution in [-0.2, 0) is 4.79 Å². The van der Waals surface area contributed by atoms with Crippen molar-refractivity contribution in [3.63, 3.8) is 0 Å². The predicted molar refractivity (Wildman–Crippen MR) is 63.0 cm³/mol. The fourth-order valence-electron chi connectivity index (χ4n) is 2.01. The maximum atomic E-state index is 12.3. The van der Waals surface area contributed by atoms with E-state index in [9.17, 15) is 18.0 Å². The van der Waals surface area contributed by atoms with Gasteiger partial charge < -0.3 is 14.9 Å². The van der Waals surface area contributed by atoms with Crippen LogP contribution >= 0.6 is 0 Å². The molecule has 1 N–H and O–H groups in total. The van der Waals surface area contributed by atoms with Crippen molar-refractivity contribution >= 4 is 11.6 Å². The normalized spacial score (nSPS) is 16.6. The van der Waals surface area contributed by atoms with Gasteiger partial charge in [0.25, 0.3) is 0 Å². The fourth-order valence-corrected chi connectivity index (χ4v) is 2.01. The van der Waals surface area contributed by atoms with Gasteiger partial charge in [0.05, 0.1) is 0 Å². The number of alkyl halides is 3. The molecule has 0 aliphatic carbocycles. The molecule has 2 rings (SSSR count). The van der Waals surface area contributed by atoms with E-state index in [2.05, 4.69) is 0 Å². The Kier molecular flexibility index (Phi) is 3.55. The summed E-state index contributed by atoms with van der Waals surface area (Å²) in [6.45, 7) is 0.762. The second-order valence-electron chi connectivity index (χ2n) is 4.29. The molecule has 1 aromatic carbocycles. The van der Waals surface area contributed by atoms with Crippen LogP contribution in [0.3, 0.4) is 0 Å². The summed E-state index contributed by atoms with van der Waals surface area (Å²) >= 11 is 0. The number of phenols is 1. The van der Waals surface area contributed by atoms with Crippen LogP contribution in [0, 0.1) is 0 Å². The van der Waals surface area contributed by atoms with Gasteiger partial charge in [-0.05, 0) is 24.3 Å². The molecule has 19 heavy (non-hydrogen) atoms. The van der Waals surface area contributed by atoms with Crippen molar-refractivity contribution in [1.29, 1.82) is 0 Å². The van der Waals surface area contributed by atoms with Gasteiger partial charge in [0, 0.05) is 31.9 Å². The van der Waals surface area contributed by atoms with Crippen molar-refractivity contribution in [3.8, 4) is 5.75 Å². The molecule has 0 saturated carbocycles. The van der Waals surface area contributed by atoms with E-state index in [0.717, 1.165) is 10.6 Å². The molecule has 0 radical (unpaired) electrons. The van der Waals surface area contributed by atoms with Crippen molar-refractivity contribution < 1.29 is 23.1 Å². The van der Waals surface area contributed by atoms with Crippen LogP contribution in [0.1, 0.15) is 0 Å². The van der Waals surface area contributed by atoms with Gasteiger partial charge in [-0.3, -0.25) is 4.79 Å². The number of amides is 1. The Morgan fingerprint density at radius 2 is 1.58 bits per heavy atom. The van der Waals surface area contributed by atoms with Crippen molar-refractivity contribution in [2.75, 3.05) is 31.1 Å². The number of carbonyl (C=O) groups excluding carboxylic acids is 1. The number of rotatable bonds is 1. The summed E-state index contributed by atoms with van der Waals surface area (Å²) in [5.41, 5.74) is 0.817. The molecule has 1 aliphatic heterocycles. The fraction of sp³-hybridized carbons (Fsp3) is 0.417. The molecule has 0 atom stereocenters. The minimum Gasteiger partial charge on any atom is -0.508 e. The average molecular weight is 274 g/mol. The lowest BCUT2D eigenvalue weighted by Gasteiger charge is -2.36. The second-order valence-corrected chi connectivity index (χ2v) is 4.29. The maximum absolute atomic E-state index is 12.3. The van der Waals surface area contributed by atoms with Crippen LogP contribution in [0.25, 0.3) is 0 Å². The number of hydrogen-bond donors (Lipinski definition) is 1. The first kappa shape index (κ1) is 13.5. The number of benzene rings is 1. The molecule has 0 spiro atoms. The average Bonchev–Trinajstić information content (AvgIpc) is 2.38. The summed E-state index contributed by atoms with van der Waals surface area (Å²) in [4.78, 5) is 13.7. The lowest BCUT2D eigenvalue weighted by molar-refractivity contribution is -0.185. The molecule has 0 aromatic heterocycles. The van der Waals surface area contributed by atoms with Crippen LogP contribution in [-0.4, -0.2) is 48.3 Å². The van der Waals surface area contributed by atoms with Gasteiger partial charge in [0.15, 0.2) is 0 Å². The third-order valence-corrected chi connectivity index (χ3v) is 3.02. The molecule has 1 saturated heterocycles. The zero-order chi connectivity index (χ0) is 14.0. The monoisotopic (exact) mass is 274 g/mol. The lowest BCUT2D eigenvalue weighted by atomic mass is 10.2. The maximum Gasteiger partial charge on any atom is 0.471 e. The van der Waals surface area contributed by atoms with Gasteiger partial charge >= 0.3 is 12.1 Å². The van der Waals surface area contributed by atoms with Crippen LogP contribution in [0.5, 0.6) is 5.75 Å². The molecule has 104 valence electrons. The molecule has 0 unspecified atom stereocenters. The summed E-state index contributed by atoms with van der Waals surface area (Å²) in [7, 11) is 0. The third kappa shape index (κ3) is 3.10. The first-order chi connectivity index (χ1) is 8.88. The molecule has 1 heterocycles. The number of halogens is 3. The second kappa shape index (κ2) is 4.99. The lowest BCUT2D eigenvalue weighted by Crippen LogP contribution is -2.52. The number of carbonyl (C=O) groups is 1. The van der Waals surface area contributed by atoms with E-state index in [4.69, 9.17) is 5.11 Å². The van der Waals surface area contributed by atoms with Crippen LogP contribution in [0.2, 0.25) is 0 Å². The van der Waals surface area contributed by atoms with Gasteiger partial charge in [-0.1, -0.05) is 0 Å². The van der Waals surface area contributed by atoms with E-state index < -0.39 is 12.1 Å². The van der Waals surface area contributed by atoms with Crippen LogP contribution in [0.15, 0.2) is 24.3 Å². The Morgan fingerprint density at radius 1 is 1.05 bits per heavy atom. The highest BCUT2D eigenvalue weighted by Crippen LogP contribution is 2.22.